The highest BCUT2D eigenvalue weighted by molar-refractivity contribution is 5.52. The molecule has 0 aliphatic carbocycles. The van der Waals surface area contributed by atoms with Crippen LogP contribution in [0.4, 0.5) is 22.0 Å². The summed E-state index contributed by atoms with van der Waals surface area (Å²) in [5.41, 5.74) is -1.10. The quantitative estimate of drug-likeness (QED) is 0.355. The molecule has 0 amide bonds. The van der Waals surface area contributed by atoms with E-state index in [-0.39, 0.29) is 0 Å². The van der Waals surface area contributed by atoms with Gasteiger partial charge in [-0.25, -0.2) is 26.7 Å². The fourth-order valence-electron chi connectivity index (χ4n) is 1.02. The highest BCUT2D eigenvalue weighted by Gasteiger charge is 2.23. The zero-order valence-electron chi connectivity index (χ0n) is 8.07. The van der Waals surface area contributed by atoms with Crippen molar-refractivity contribution in [3.8, 4) is 0 Å². The summed E-state index contributed by atoms with van der Waals surface area (Å²) < 4.78 is 68.1. The standard InChI is InChI=1S/C10H4F5O2/c11-6-5(2-1-3-17-4-16)7(12)9(14)10(15)8(6)13/h1-2H,3H2/b2-1+. The molecule has 91 valence electrons. The number of benzene rings is 1. The first-order valence-electron chi connectivity index (χ1n) is 4.17. The monoisotopic (exact) mass is 251 g/mol. The minimum atomic E-state index is -2.23. The highest BCUT2D eigenvalue weighted by atomic mass is 19.2. The summed E-state index contributed by atoms with van der Waals surface area (Å²) >= 11 is 0. The van der Waals surface area contributed by atoms with Gasteiger partial charge in [0.2, 0.25) is 5.82 Å². The first-order valence-corrected chi connectivity index (χ1v) is 4.17. The van der Waals surface area contributed by atoms with Gasteiger partial charge in [-0.05, 0) is 12.2 Å². The van der Waals surface area contributed by atoms with Crippen molar-refractivity contribution in [1.29, 1.82) is 0 Å². The molecule has 0 unspecified atom stereocenters. The van der Waals surface area contributed by atoms with Crippen LogP contribution in [-0.4, -0.2) is 13.1 Å². The maximum atomic E-state index is 13.0. The molecule has 0 heterocycles. The molecule has 0 atom stereocenters. The highest BCUT2D eigenvalue weighted by Crippen LogP contribution is 2.23. The van der Waals surface area contributed by atoms with Crippen molar-refractivity contribution in [3.63, 3.8) is 0 Å². The van der Waals surface area contributed by atoms with Crippen molar-refractivity contribution < 1.29 is 31.5 Å². The summed E-state index contributed by atoms with van der Waals surface area (Å²) in [7, 11) is 0. The number of hydrogen-bond acceptors (Lipinski definition) is 2. The molecular formula is C10H4F5O2. The fraction of sp³-hybridized carbons (Fsp3) is 0.100. The lowest BCUT2D eigenvalue weighted by Crippen LogP contribution is -2.04. The Morgan fingerprint density at radius 2 is 1.41 bits per heavy atom. The zero-order valence-corrected chi connectivity index (χ0v) is 8.07. The Morgan fingerprint density at radius 1 is 0.941 bits per heavy atom. The van der Waals surface area contributed by atoms with E-state index in [0.29, 0.717) is 6.08 Å². The number of carbonyl (C=O) groups excluding carboxylic acids is 1. The molecule has 17 heavy (non-hydrogen) atoms. The second kappa shape index (κ2) is 5.42. The van der Waals surface area contributed by atoms with Crippen molar-refractivity contribution in [3.05, 3.63) is 40.7 Å². The van der Waals surface area contributed by atoms with E-state index in [9.17, 15) is 26.7 Å². The molecule has 1 aromatic carbocycles. The lowest BCUT2D eigenvalue weighted by molar-refractivity contribution is 0.314. The molecule has 1 aromatic rings. The summed E-state index contributed by atoms with van der Waals surface area (Å²) in [6.07, 6.45) is 1.52. The Labute approximate surface area is 92.3 Å². The molecule has 0 aliphatic rings. The molecule has 2 nitrogen and oxygen atoms in total. The first kappa shape index (κ1) is 13.1. The maximum absolute atomic E-state index is 13.0. The number of hydrogen-bond donors (Lipinski definition) is 0. The number of halogens is 5. The van der Waals surface area contributed by atoms with Gasteiger partial charge in [0.05, 0.1) is 5.56 Å². The van der Waals surface area contributed by atoms with Crippen LogP contribution in [0.25, 0.3) is 6.08 Å². The van der Waals surface area contributed by atoms with Gasteiger partial charge in [0.15, 0.2) is 23.3 Å². The van der Waals surface area contributed by atoms with Crippen molar-refractivity contribution in [2.45, 2.75) is 0 Å². The Kier molecular flexibility index (Phi) is 4.19. The van der Waals surface area contributed by atoms with Crippen molar-refractivity contribution in [2.75, 3.05) is 6.61 Å². The summed E-state index contributed by atoms with van der Waals surface area (Å²) in [4.78, 5) is 9.60. The van der Waals surface area contributed by atoms with Gasteiger partial charge in [-0.15, -0.1) is 0 Å². The zero-order chi connectivity index (χ0) is 13.0. The molecule has 7 heteroatoms. The summed E-state index contributed by atoms with van der Waals surface area (Å²) in [5, 5.41) is 0. The van der Waals surface area contributed by atoms with Crippen LogP contribution in [0.3, 0.4) is 0 Å². The van der Waals surface area contributed by atoms with Gasteiger partial charge >= 0.3 is 6.47 Å². The van der Waals surface area contributed by atoms with Crippen LogP contribution >= 0.6 is 0 Å². The Bertz CT molecular complexity index is 441. The second-order valence-corrected chi connectivity index (χ2v) is 2.78. The third kappa shape index (κ3) is 2.61. The molecule has 0 N–H and O–H groups in total. The molecule has 0 aliphatic heterocycles. The lowest BCUT2D eigenvalue weighted by atomic mass is 10.1. The van der Waals surface area contributed by atoms with Gasteiger partial charge < -0.3 is 4.74 Å². The van der Waals surface area contributed by atoms with Crippen LogP contribution in [0.1, 0.15) is 5.56 Å². The average Bonchev–Trinajstić information content (AvgIpc) is 2.33. The van der Waals surface area contributed by atoms with Crippen molar-refractivity contribution in [1.82, 2.24) is 0 Å². The molecule has 0 aromatic heterocycles. The van der Waals surface area contributed by atoms with E-state index in [4.69, 9.17) is 0 Å². The van der Waals surface area contributed by atoms with Gasteiger partial charge in [-0.1, -0.05) is 0 Å². The normalized spacial score (nSPS) is 10.9. The van der Waals surface area contributed by atoms with Gasteiger partial charge in [-0.2, -0.15) is 0 Å². The third-order valence-corrected chi connectivity index (χ3v) is 1.77. The third-order valence-electron chi connectivity index (χ3n) is 1.77. The topological polar surface area (TPSA) is 26.3 Å². The smallest absolute Gasteiger partial charge is 0.417 e. The van der Waals surface area contributed by atoms with E-state index >= 15 is 0 Å². The minimum Gasteiger partial charge on any atom is -0.453 e. The molecular weight excluding hydrogens is 247 g/mol. The lowest BCUT2D eigenvalue weighted by Gasteiger charge is -2.03. The molecule has 0 bridgehead atoms. The van der Waals surface area contributed by atoms with Crippen LogP contribution in [0.15, 0.2) is 6.08 Å². The van der Waals surface area contributed by atoms with E-state index in [0.717, 1.165) is 12.5 Å². The first-order chi connectivity index (χ1) is 8.00. The van der Waals surface area contributed by atoms with Gasteiger partial charge in [0.25, 0.3) is 0 Å². The SMILES string of the molecule is O=[C]OC/C=C/c1c(F)c(F)c(F)c(F)c1F. The van der Waals surface area contributed by atoms with E-state index in [2.05, 4.69) is 4.74 Å². The average molecular weight is 251 g/mol. The van der Waals surface area contributed by atoms with Crippen molar-refractivity contribution in [2.24, 2.45) is 0 Å². The molecule has 0 saturated carbocycles. The Morgan fingerprint density at radius 3 is 1.88 bits per heavy atom. The van der Waals surface area contributed by atoms with Crippen LogP contribution in [0.2, 0.25) is 0 Å². The van der Waals surface area contributed by atoms with Gasteiger partial charge in [0, 0.05) is 0 Å². The van der Waals surface area contributed by atoms with E-state index in [1.165, 1.54) is 0 Å². The maximum Gasteiger partial charge on any atom is 0.417 e. The summed E-state index contributed by atoms with van der Waals surface area (Å²) in [6, 6.07) is 0. The predicted octanol–water partition coefficient (Wildman–Crippen LogP) is 2.48. The molecule has 0 saturated heterocycles. The molecule has 0 spiro atoms. The van der Waals surface area contributed by atoms with Gasteiger partial charge in [-0.3, -0.25) is 0 Å². The minimum absolute atomic E-state index is 0.400. The van der Waals surface area contributed by atoms with Crippen LogP contribution in [0.5, 0.6) is 0 Å². The van der Waals surface area contributed by atoms with E-state index in [1.807, 2.05) is 0 Å². The van der Waals surface area contributed by atoms with Gasteiger partial charge in [0.1, 0.15) is 6.61 Å². The summed E-state index contributed by atoms with van der Waals surface area (Å²) in [6.45, 7) is 0.618. The molecule has 1 radical (unpaired) electrons. The van der Waals surface area contributed by atoms with E-state index in [1.54, 1.807) is 0 Å². The van der Waals surface area contributed by atoms with E-state index < -0.39 is 41.3 Å². The van der Waals surface area contributed by atoms with Crippen LogP contribution in [-0.2, 0) is 9.53 Å². The Hall–Kier alpha value is -1.92. The fourth-order valence-corrected chi connectivity index (χ4v) is 1.02. The number of rotatable bonds is 4. The molecule has 0 fully saturated rings. The van der Waals surface area contributed by atoms with Crippen LogP contribution in [0, 0.1) is 29.1 Å². The van der Waals surface area contributed by atoms with Crippen LogP contribution < -0.4 is 0 Å². The summed E-state index contributed by atoms with van der Waals surface area (Å²) in [5.74, 6) is -10.2. The Balaban J connectivity index is 3.16. The largest absolute Gasteiger partial charge is 0.453 e. The predicted molar refractivity (Wildman–Crippen MR) is 46.9 cm³/mol. The molecule has 1 rings (SSSR count). The van der Waals surface area contributed by atoms with Crippen molar-refractivity contribution >= 4 is 12.5 Å². The second-order valence-electron chi connectivity index (χ2n) is 2.78. The number of ether oxygens (including phenoxy) is 1.